The van der Waals surface area contributed by atoms with Gasteiger partial charge in [-0.3, -0.25) is 10.1 Å². The molecule has 2 heterocycles. The second-order valence-electron chi connectivity index (χ2n) is 4.76. The quantitative estimate of drug-likeness (QED) is 0.614. The average molecular weight is 250 g/mol. The van der Waals surface area contributed by atoms with Gasteiger partial charge in [-0.1, -0.05) is 0 Å². The zero-order valence-electron chi connectivity index (χ0n) is 9.44. The number of nitro groups is 1. The lowest BCUT2D eigenvalue weighted by Gasteiger charge is -2.32. The summed E-state index contributed by atoms with van der Waals surface area (Å²) in [5, 5.41) is 14.1. The Morgan fingerprint density at radius 2 is 2.12 bits per heavy atom. The Balaban J connectivity index is 1.89. The normalized spacial score (nSPS) is 21.4. The van der Waals surface area contributed by atoms with Gasteiger partial charge in [-0.25, -0.2) is 0 Å². The molecule has 0 bridgehead atoms. The molecule has 1 fully saturated rings. The first-order chi connectivity index (χ1) is 8.19. The Bertz CT molecular complexity index is 470. The van der Waals surface area contributed by atoms with Gasteiger partial charge in [0.25, 0.3) is 5.69 Å². The molecule has 0 amide bonds. The molecule has 2 aliphatic heterocycles. The topological polar surface area (TPSA) is 55.2 Å². The van der Waals surface area contributed by atoms with E-state index < -0.39 is 0 Å². The number of fused-ring (bicyclic) bond motifs is 1. The molecule has 0 atom stereocenters. The van der Waals surface area contributed by atoms with Crippen LogP contribution in [0.15, 0.2) is 23.1 Å². The largest absolute Gasteiger partial charge is 0.317 e. The van der Waals surface area contributed by atoms with Crippen molar-refractivity contribution in [3.05, 3.63) is 33.9 Å². The molecule has 1 N–H and O–H groups in total. The van der Waals surface area contributed by atoms with Crippen molar-refractivity contribution in [1.29, 1.82) is 0 Å². The summed E-state index contributed by atoms with van der Waals surface area (Å²) in [7, 11) is 0. The Hall–Kier alpha value is -1.07. The van der Waals surface area contributed by atoms with Gasteiger partial charge in [-0.15, -0.1) is 11.8 Å². The van der Waals surface area contributed by atoms with Crippen LogP contribution in [0.3, 0.4) is 0 Å². The predicted molar refractivity (Wildman–Crippen MR) is 67.5 cm³/mol. The number of nitrogens with one attached hydrogen (secondary N) is 1. The summed E-state index contributed by atoms with van der Waals surface area (Å²) in [6.45, 7) is 2.12. The first-order valence-electron chi connectivity index (χ1n) is 5.86. The molecule has 0 aromatic heterocycles. The summed E-state index contributed by atoms with van der Waals surface area (Å²) in [6, 6.07) is 5.28. The third-order valence-corrected chi connectivity index (χ3v) is 5.21. The van der Waals surface area contributed by atoms with Crippen molar-refractivity contribution in [3.8, 4) is 0 Å². The molecule has 0 unspecified atom stereocenters. The SMILES string of the molecule is O=[N+]([O-])c1ccc2c(c1)CC1(CCNCC1)S2. The van der Waals surface area contributed by atoms with E-state index in [0.29, 0.717) is 4.75 Å². The van der Waals surface area contributed by atoms with Crippen molar-refractivity contribution in [2.75, 3.05) is 13.1 Å². The molecule has 5 heteroatoms. The Morgan fingerprint density at radius 1 is 1.35 bits per heavy atom. The molecule has 1 spiro atoms. The Morgan fingerprint density at radius 3 is 2.82 bits per heavy atom. The number of nitrogens with zero attached hydrogens (tertiary/aromatic N) is 1. The second-order valence-corrected chi connectivity index (χ2v) is 6.27. The van der Waals surface area contributed by atoms with E-state index in [9.17, 15) is 10.1 Å². The molecule has 0 saturated carbocycles. The van der Waals surface area contributed by atoms with Crippen LogP contribution in [0.4, 0.5) is 5.69 Å². The van der Waals surface area contributed by atoms with Gasteiger partial charge in [0.1, 0.15) is 0 Å². The maximum Gasteiger partial charge on any atom is 0.269 e. The van der Waals surface area contributed by atoms with Gasteiger partial charge < -0.3 is 5.32 Å². The predicted octanol–water partition coefficient (Wildman–Crippen LogP) is 2.37. The number of nitro benzene ring substituents is 1. The van der Waals surface area contributed by atoms with Crippen LogP contribution in [0.5, 0.6) is 0 Å². The number of non-ortho nitro benzene ring substituents is 1. The molecular formula is C12H14N2O2S. The van der Waals surface area contributed by atoms with Gasteiger partial charge in [0.15, 0.2) is 0 Å². The summed E-state index contributed by atoms with van der Waals surface area (Å²) in [5.74, 6) is 0. The highest BCUT2D eigenvalue weighted by Gasteiger charge is 2.39. The van der Waals surface area contributed by atoms with E-state index in [1.54, 1.807) is 12.1 Å². The third-order valence-electron chi connectivity index (χ3n) is 3.61. The number of benzene rings is 1. The highest BCUT2D eigenvalue weighted by atomic mass is 32.2. The Kier molecular flexibility index (Phi) is 2.60. The second kappa shape index (κ2) is 3.99. The smallest absolute Gasteiger partial charge is 0.269 e. The van der Waals surface area contributed by atoms with Crippen molar-refractivity contribution >= 4 is 17.4 Å². The van der Waals surface area contributed by atoms with Gasteiger partial charge in [-0.2, -0.15) is 0 Å². The minimum Gasteiger partial charge on any atom is -0.317 e. The van der Waals surface area contributed by atoms with Crippen molar-refractivity contribution in [2.24, 2.45) is 0 Å². The fourth-order valence-electron chi connectivity index (χ4n) is 2.69. The van der Waals surface area contributed by atoms with Crippen molar-refractivity contribution in [1.82, 2.24) is 5.32 Å². The fourth-order valence-corrected chi connectivity index (χ4v) is 4.20. The number of thioether (sulfide) groups is 1. The average Bonchev–Trinajstić information content (AvgIpc) is 2.66. The lowest BCUT2D eigenvalue weighted by Crippen LogP contribution is -2.39. The minimum atomic E-state index is -0.307. The van der Waals surface area contributed by atoms with Crippen LogP contribution in [-0.2, 0) is 6.42 Å². The molecule has 0 aliphatic carbocycles. The number of hydrogen-bond acceptors (Lipinski definition) is 4. The maximum atomic E-state index is 10.8. The van der Waals surface area contributed by atoms with Gasteiger partial charge >= 0.3 is 0 Å². The van der Waals surface area contributed by atoms with Crippen LogP contribution >= 0.6 is 11.8 Å². The van der Waals surface area contributed by atoms with E-state index in [0.717, 1.165) is 37.9 Å². The van der Waals surface area contributed by atoms with E-state index in [4.69, 9.17) is 0 Å². The van der Waals surface area contributed by atoms with E-state index in [2.05, 4.69) is 5.32 Å². The first-order valence-corrected chi connectivity index (χ1v) is 6.67. The molecule has 0 radical (unpaired) electrons. The highest BCUT2D eigenvalue weighted by molar-refractivity contribution is 8.01. The highest BCUT2D eigenvalue weighted by Crippen LogP contribution is 2.50. The van der Waals surface area contributed by atoms with Gasteiger partial charge in [0.2, 0.25) is 0 Å². The van der Waals surface area contributed by atoms with E-state index >= 15 is 0 Å². The summed E-state index contributed by atoms with van der Waals surface area (Å²) < 4.78 is 0.294. The van der Waals surface area contributed by atoms with Gasteiger partial charge in [0, 0.05) is 21.8 Å². The monoisotopic (exact) mass is 250 g/mol. The van der Waals surface area contributed by atoms with E-state index in [1.807, 2.05) is 17.8 Å². The van der Waals surface area contributed by atoms with Crippen LogP contribution in [0.25, 0.3) is 0 Å². The van der Waals surface area contributed by atoms with Crippen LogP contribution in [-0.4, -0.2) is 22.8 Å². The van der Waals surface area contributed by atoms with Crippen LogP contribution in [0, 0.1) is 10.1 Å². The zero-order chi connectivity index (χ0) is 11.9. The molecule has 1 aromatic rings. The summed E-state index contributed by atoms with van der Waals surface area (Å²) in [6.07, 6.45) is 3.29. The van der Waals surface area contributed by atoms with Crippen LogP contribution in [0.1, 0.15) is 18.4 Å². The first kappa shape index (κ1) is 11.0. The third kappa shape index (κ3) is 1.93. The van der Waals surface area contributed by atoms with Crippen LogP contribution < -0.4 is 5.32 Å². The van der Waals surface area contributed by atoms with E-state index in [-0.39, 0.29) is 10.6 Å². The molecule has 4 nitrogen and oxygen atoms in total. The summed E-state index contributed by atoms with van der Waals surface area (Å²) >= 11 is 1.92. The standard InChI is InChI=1S/C12H14N2O2S/c15-14(16)10-1-2-11-9(7-10)8-12(17-11)3-5-13-6-4-12/h1-2,7,13H,3-6,8H2. The molecule has 3 rings (SSSR count). The Labute approximate surface area is 104 Å². The zero-order valence-corrected chi connectivity index (χ0v) is 10.3. The summed E-state index contributed by atoms with van der Waals surface area (Å²) in [4.78, 5) is 11.7. The molecule has 90 valence electrons. The van der Waals surface area contributed by atoms with Gasteiger partial charge in [0.05, 0.1) is 4.92 Å². The molecular weight excluding hydrogens is 236 g/mol. The fraction of sp³-hybridized carbons (Fsp3) is 0.500. The molecule has 1 saturated heterocycles. The molecule has 2 aliphatic rings. The van der Waals surface area contributed by atoms with Crippen molar-refractivity contribution in [3.63, 3.8) is 0 Å². The minimum absolute atomic E-state index is 0.218. The van der Waals surface area contributed by atoms with Crippen LogP contribution in [0.2, 0.25) is 0 Å². The number of rotatable bonds is 1. The molecule has 1 aromatic carbocycles. The van der Waals surface area contributed by atoms with Crippen molar-refractivity contribution in [2.45, 2.75) is 28.9 Å². The van der Waals surface area contributed by atoms with E-state index in [1.165, 1.54) is 4.90 Å². The number of piperidine rings is 1. The van der Waals surface area contributed by atoms with Gasteiger partial charge in [-0.05, 0) is 44.0 Å². The maximum absolute atomic E-state index is 10.8. The lowest BCUT2D eigenvalue weighted by molar-refractivity contribution is -0.385. The molecule has 17 heavy (non-hydrogen) atoms. The summed E-state index contributed by atoms with van der Waals surface area (Å²) in [5.41, 5.74) is 1.38. The number of hydrogen-bond donors (Lipinski definition) is 1. The lowest BCUT2D eigenvalue weighted by atomic mass is 9.90. The van der Waals surface area contributed by atoms with Crippen molar-refractivity contribution < 1.29 is 4.92 Å².